The average molecular weight is 307 g/mol. The fourth-order valence-electron chi connectivity index (χ4n) is 2.95. The van der Waals surface area contributed by atoms with Gasteiger partial charge < -0.3 is 9.80 Å². The Hall–Kier alpha value is -2.89. The SMILES string of the molecule is O=C(c1cnn2ccccc12)N1CCN(c2ccccn2)CC1. The van der Waals surface area contributed by atoms with Crippen LogP contribution in [0.15, 0.2) is 55.0 Å². The minimum atomic E-state index is 0.0480. The molecule has 1 aliphatic rings. The fourth-order valence-corrected chi connectivity index (χ4v) is 2.95. The highest BCUT2D eigenvalue weighted by Gasteiger charge is 2.24. The van der Waals surface area contributed by atoms with E-state index < -0.39 is 0 Å². The van der Waals surface area contributed by atoms with Crippen molar-refractivity contribution in [3.05, 3.63) is 60.6 Å². The van der Waals surface area contributed by atoms with Crippen molar-refractivity contribution in [2.24, 2.45) is 0 Å². The summed E-state index contributed by atoms with van der Waals surface area (Å²) in [6, 6.07) is 11.6. The van der Waals surface area contributed by atoms with E-state index in [0.717, 1.165) is 24.4 Å². The normalized spacial score (nSPS) is 15.1. The first-order chi connectivity index (χ1) is 11.3. The summed E-state index contributed by atoms with van der Waals surface area (Å²) >= 11 is 0. The number of pyridine rings is 2. The zero-order valence-corrected chi connectivity index (χ0v) is 12.7. The lowest BCUT2D eigenvalue weighted by atomic mass is 10.2. The monoisotopic (exact) mass is 307 g/mol. The number of rotatable bonds is 2. The summed E-state index contributed by atoms with van der Waals surface area (Å²) in [5.74, 6) is 1.02. The van der Waals surface area contributed by atoms with Gasteiger partial charge in [-0.3, -0.25) is 4.79 Å². The van der Waals surface area contributed by atoms with Crippen LogP contribution in [0.1, 0.15) is 10.4 Å². The fraction of sp³-hybridized carbons (Fsp3) is 0.235. The summed E-state index contributed by atoms with van der Waals surface area (Å²) in [4.78, 5) is 21.2. The number of hydrogen-bond donors (Lipinski definition) is 0. The van der Waals surface area contributed by atoms with Crippen LogP contribution >= 0.6 is 0 Å². The molecule has 23 heavy (non-hydrogen) atoms. The lowest BCUT2D eigenvalue weighted by Crippen LogP contribution is -2.49. The molecule has 1 aliphatic heterocycles. The Bertz CT molecular complexity index is 821. The molecule has 3 aromatic rings. The van der Waals surface area contributed by atoms with Gasteiger partial charge in [0.2, 0.25) is 0 Å². The third-order valence-electron chi connectivity index (χ3n) is 4.20. The Labute approximate surface area is 134 Å². The van der Waals surface area contributed by atoms with Crippen molar-refractivity contribution >= 4 is 17.2 Å². The summed E-state index contributed by atoms with van der Waals surface area (Å²) in [7, 11) is 0. The molecule has 0 aliphatic carbocycles. The molecular formula is C17H17N5O. The van der Waals surface area contributed by atoms with Crippen LogP contribution in [-0.2, 0) is 0 Å². The molecular weight excluding hydrogens is 290 g/mol. The Balaban J connectivity index is 1.49. The highest BCUT2D eigenvalue weighted by atomic mass is 16.2. The Morgan fingerprint density at radius 2 is 1.83 bits per heavy atom. The van der Waals surface area contributed by atoms with Crippen LogP contribution in [0.25, 0.3) is 5.52 Å². The van der Waals surface area contributed by atoms with Crippen LogP contribution in [0, 0.1) is 0 Å². The van der Waals surface area contributed by atoms with Crippen LogP contribution in [0.4, 0.5) is 5.82 Å². The van der Waals surface area contributed by atoms with Gasteiger partial charge in [0.15, 0.2) is 0 Å². The van der Waals surface area contributed by atoms with Crippen LogP contribution in [0.5, 0.6) is 0 Å². The highest BCUT2D eigenvalue weighted by Crippen LogP contribution is 2.17. The molecule has 0 atom stereocenters. The van der Waals surface area contributed by atoms with Crippen molar-refractivity contribution in [2.45, 2.75) is 0 Å². The largest absolute Gasteiger partial charge is 0.353 e. The molecule has 1 saturated heterocycles. The summed E-state index contributed by atoms with van der Waals surface area (Å²) in [6.45, 7) is 2.98. The standard InChI is InChI=1S/C17H17N5O/c23-17(14-13-19-22-8-4-2-5-15(14)22)21-11-9-20(10-12-21)16-6-1-3-7-18-16/h1-8,13H,9-12H2. The molecule has 6 nitrogen and oxygen atoms in total. The van der Waals surface area contributed by atoms with Crippen molar-refractivity contribution in [3.63, 3.8) is 0 Å². The molecule has 3 aromatic heterocycles. The molecule has 1 fully saturated rings. The van der Waals surface area contributed by atoms with Gasteiger partial charge in [0.25, 0.3) is 5.91 Å². The zero-order chi connectivity index (χ0) is 15.6. The second-order valence-electron chi connectivity index (χ2n) is 5.56. The molecule has 0 unspecified atom stereocenters. The third-order valence-corrected chi connectivity index (χ3v) is 4.20. The molecule has 4 rings (SSSR count). The predicted molar refractivity (Wildman–Crippen MR) is 87.5 cm³/mol. The number of carbonyl (C=O) groups excluding carboxylic acids is 1. The molecule has 116 valence electrons. The van der Waals surface area contributed by atoms with Crippen LogP contribution in [0.2, 0.25) is 0 Å². The number of carbonyl (C=O) groups is 1. The van der Waals surface area contributed by atoms with Crippen LogP contribution < -0.4 is 4.90 Å². The van der Waals surface area contributed by atoms with E-state index in [-0.39, 0.29) is 5.91 Å². The van der Waals surface area contributed by atoms with Crippen LogP contribution in [-0.4, -0.2) is 51.6 Å². The van der Waals surface area contributed by atoms with E-state index in [1.807, 2.05) is 47.5 Å². The summed E-state index contributed by atoms with van der Waals surface area (Å²) in [6.07, 6.45) is 5.31. The van der Waals surface area contributed by atoms with Gasteiger partial charge in [0, 0.05) is 38.6 Å². The quantitative estimate of drug-likeness (QED) is 0.723. The van der Waals surface area contributed by atoms with E-state index in [2.05, 4.69) is 15.0 Å². The molecule has 0 bridgehead atoms. The Morgan fingerprint density at radius 3 is 2.61 bits per heavy atom. The first-order valence-corrected chi connectivity index (χ1v) is 7.70. The van der Waals surface area contributed by atoms with Crippen molar-refractivity contribution in [2.75, 3.05) is 31.1 Å². The molecule has 0 spiro atoms. The highest BCUT2D eigenvalue weighted by molar-refractivity contribution is 6.00. The number of anilines is 1. The molecule has 0 radical (unpaired) electrons. The molecule has 1 amide bonds. The maximum atomic E-state index is 12.8. The second-order valence-corrected chi connectivity index (χ2v) is 5.56. The van der Waals surface area contributed by atoms with Gasteiger partial charge in [-0.05, 0) is 24.3 Å². The number of hydrogen-bond acceptors (Lipinski definition) is 4. The topological polar surface area (TPSA) is 53.7 Å². The summed E-state index contributed by atoms with van der Waals surface area (Å²) in [5, 5.41) is 4.25. The summed E-state index contributed by atoms with van der Waals surface area (Å²) < 4.78 is 1.73. The second kappa shape index (κ2) is 5.72. The lowest BCUT2D eigenvalue weighted by molar-refractivity contribution is 0.0748. The van der Waals surface area contributed by atoms with Crippen molar-refractivity contribution < 1.29 is 4.79 Å². The third kappa shape index (κ3) is 2.52. The van der Waals surface area contributed by atoms with Crippen molar-refractivity contribution in [3.8, 4) is 0 Å². The molecule has 6 heteroatoms. The first-order valence-electron chi connectivity index (χ1n) is 7.70. The van der Waals surface area contributed by atoms with E-state index in [1.165, 1.54) is 0 Å². The molecule has 0 saturated carbocycles. The number of nitrogens with zero attached hydrogens (tertiary/aromatic N) is 5. The first kappa shape index (κ1) is 13.8. The minimum absolute atomic E-state index is 0.0480. The number of aromatic nitrogens is 3. The van der Waals surface area contributed by atoms with Gasteiger partial charge in [-0.25, -0.2) is 9.50 Å². The molecule has 0 N–H and O–H groups in total. The van der Waals surface area contributed by atoms with Gasteiger partial charge in [0.1, 0.15) is 5.82 Å². The van der Waals surface area contributed by atoms with Gasteiger partial charge in [-0.15, -0.1) is 0 Å². The average Bonchev–Trinajstić information content (AvgIpc) is 3.06. The van der Waals surface area contributed by atoms with Crippen molar-refractivity contribution in [1.82, 2.24) is 19.5 Å². The van der Waals surface area contributed by atoms with Crippen molar-refractivity contribution in [1.29, 1.82) is 0 Å². The molecule has 0 aromatic carbocycles. The maximum Gasteiger partial charge on any atom is 0.257 e. The van der Waals surface area contributed by atoms with Gasteiger partial charge in [0.05, 0.1) is 17.3 Å². The Kier molecular flexibility index (Phi) is 3.42. The number of piperazine rings is 1. The Morgan fingerprint density at radius 1 is 1.00 bits per heavy atom. The minimum Gasteiger partial charge on any atom is -0.353 e. The summed E-state index contributed by atoms with van der Waals surface area (Å²) in [5.41, 5.74) is 1.52. The number of fused-ring (bicyclic) bond motifs is 1. The van der Waals surface area contributed by atoms with Gasteiger partial charge in [-0.2, -0.15) is 5.10 Å². The predicted octanol–water partition coefficient (Wildman–Crippen LogP) is 1.69. The lowest BCUT2D eigenvalue weighted by Gasteiger charge is -2.35. The maximum absolute atomic E-state index is 12.8. The zero-order valence-electron chi connectivity index (χ0n) is 12.7. The molecule has 4 heterocycles. The van der Waals surface area contributed by atoms with E-state index in [4.69, 9.17) is 0 Å². The van der Waals surface area contributed by atoms with E-state index in [0.29, 0.717) is 18.7 Å². The van der Waals surface area contributed by atoms with E-state index >= 15 is 0 Å². The van der Waals surface area contributed by atoms with Gasteiger partial charge >= 0.3 is 0 Å². The van der Waals surface area contributed by atoms with Crippen LogP contribution in [0.3, 0.4) is 0 Å². The number of amides is 1. The smallest absolute Gasteiger partial charge is 0.257 e. The van der Waals surface area contributed by atoms with E-state index in [1.54, 1.807) is 16.9 Å². The van der Waals surface area contributed by atoms with Gasteiger partial charge in [-0.1, -0.05) is 12.1 Å². The van der Waals surface area contributed by atoms with E-state index in [9.17, 15) is 4.79 Å².